The number of hydrogen-bond acceptors (Lipinski definition) is 7. The van der Waals surface area contributed by atoms with E-state index in [9.17, 15) is 13.2 Å². The van der Waals surface area contributed by atoms with Gasteiger partial charge in [0, 0.05) is 24.4 Å². The molecule has 1 N–H and O–H groups in total. The third-order valence-corrected chi connectivity index (χ3v) is 7.31. The second-order valence-corrected chi connectivity index (χ2v) is 9.65. The van der Waals surface area contributed by atoms with Crippen LogP contribution in [-0.2, 0) is 21.2 Å². The molecule has 0 heterocycles. The number of anilines is 1. The zero-order chi connectivity index (χ0) is 26.1. The minimum atomic E-state index is -4.05. The second-order valence-electron chi connectivity index (χ2n) is 7.71. The van der Waals surface area contributed by atoms with Gasteiger partial charge in [0.25, 0.3) is 0 Å². The van der Waals surface area contributed by atoms with Crippen LogP contribution in [0.1, 0.15) is 5.56 Å². The van der Waals surface area contributed by atoms with Crippen molar-refractivity contribution in [2.45, 2.75) is 11.3 Å². The number of nitrogens with zero attached hydrogens (tertiary/aromatic N) is 1. The highest BCUT2D eigenvalue weighted by molar-refractivity contribution is 7.89. The van der Waals surface area contributed by atoms with Crippen molar-refractivity contribution in [2.75, 3.05) is 46.8 Å². The first-order valence-corrected chi connectivity index (χ1v) is 12.5. The summed E-state index contributed by atoms with van der Waals surface area (Å²) in [5.41, 5.74) is 1.40. The maximum Gasteiger partial charge on any atom is 0.243 e. The van der Waals surface area contributed by atoms with E-state index >= 15 is 0 Å². The smallest absolute Gasteiger partial charge is 0.243 e. The quantitative estimate of drug-likeness (QED) is 0.394. The number of methoxy groups -OCH3 is 4. The number of carbonyl (C=O) groups is 1. The van der Waals surface area contributed by atoms with Crippen LogP contribution >= 0.6 is 0 Å². The number of hydrogen-bond donors (Lipinski definition) is 1. The number of benzene rings is 3. The van der Waals surface area contributed by atoms with Crippen LogP contribution in [0.4, 0.5) is 5.69 Å². The third-order valence-electron chi connectivity index (χ3n) is 5.47. The first-order chi connectivity index (χ1) is 17.3. The van der Waals surface area contributed by atoms with Gasteiger partial charge in [0.2, 0.25) is 15.9 Å². The largest absolute Gasteiger partial charge is 0.493 e. The van der Waals surface area contributed by atoms with E-state index in [0.717, 1.165) is 9.87 Å². The van der Waals surface area contributed by atoms with Gasteiger partial charge in [0.15, 0.2) is 23.0 Å². The fourth-order valence-corrected chi connectivity index (χ4v) is 5.00. The molecule has 0 saturated carbocycles. The minimum Gasteiger partial charge on any atom is -0.493 e. The highest BCUT2D eigenvalue weighted by Crippen LogP contribution is 2.31. The van der Waals surface area contributed by atoms with Crippen molar-refractivity contribution in [1.82, 2.24) is 4.31 Å². The molecular weight excluding hydrogens is 484 g/mol. The molecule has 3 rings (SSSR count). The first-order valence-electron chi connectivity index (χ1n) is 11.1. The molecule has 0 saturated heterocycles. The zero-order valence-electron chi connectivity index (χ0n) is 20.7. The molecule has 3 aromatic rings. The van der Waals surface area contributed by atoms with Crippen LogP contribution in [0, 0.1) is 0 Å². The Kier molecular flexibility index (Phi) is 9.15. The summed E-state index contributed by atoms with van der Waals surface area (Å²) in [6, 6.07) is 18.7. The highest BCUT2D eigenvalue weighted by atomic mass is 32.2. The molecule has 0 aromatic heterocycles. The van der Waals surface area contributed by atoms with Crippen LogP contribution in [0.25, 0.3) is 0 Å². The predicted molar refractivity (Wildman–Crippen MR) is 137 cm³/mol. The summed E-state index contributed by atoms with van der Waals surface area (Å²) in [6.45, 7) is -0.294. The lowest BCUT2D eigenvalue weighted by molar-refractivity contribution is -0.116. The van der Waals surface area contributed by atoms with Crippen LogP contribution in [0.3, 0.4) is 0 Å². The van der Waals surface area contributed by atoms with Crippen molar-refractivity contribution in [3.63, 3.8) is 0 Å². The van der Waals surface area contributed by atoms with Gasteiger partial charge in [0.1, 0.15) is 0 Å². The Hall–Kier alpha value is -3.76. The Balaban J connectivity index is 1.87. The summed E-state index contributed by atoms with van der Waals surface area (Å²) in [6.07, 6.45) is 0.428. The number of sulfonamides is 1. The van der Waals surface area contributed by atoms with Gasteiger partial charge in [-0.25, -0.2) is 8.42 Å². The zero-order valence-corrected chi connectivity index (χ0v) is 21.5. The van der Waals surface area contributed by atoms with E-state index in [1.807, 2.05) is 30.3 Å². The van der Waals surface area contributed by atoms with Crippen molar-refractivity contribution in [1.29, 1.82) is 0 Å². The van der Waals surface area contributed by atoms with E-state index in [4.69, 9.17) is 18.9 Å². The van der Waals surface area contributed by atoms with Crippen LogP contribution in [0.5, 0.6) is 23.0 Å². The average Bonchev–Trinajstić information content (AvgIpc) is 2.90. The van der Waals surface area contributed by atoms with Gasteiger partial charge in [-0.05, 0) is 36.2 Å². The number of amides is 1. The van der Waals surface area contributed by atoms with E-state index < -0.39 is 22.5 Å². The molecule has 36 heavy (non-hydrogen) atoms. The van der Waals surface area contributed by atoms with Gasteiger partial charge in [-0.2, -0.15) is 4.31 Å². The monoisotopic (exact) mass is 514 g/mol. The molecule has 3 aromatic carbocycles. The molecule has 1 amide bonds. The molecule has 0 spiro atoms. The Morgan fingerprint density at radius 1 is 0.778 bits per heavy atom. The van der Waals surface area contributed by atoms with Crippen LogP contribution in [0.2, 0.25) is 0 Å². The van der Waals surface area contributed by atoms with E-state index in [0.29, 0.717) is 29.4 Å². The van der Waals surface area contributed by atoms with E-state index in [-0.39, 0.29) is 17.2 Å². The van der Waals surface area contributed by atoms with Crippen LogP contribution in [0.15, 0.2) is 71.6 Å². The lowest BCUT2D eigenvalue weighted by Crippen LogP contribution is -2.39. The number of nitrogens with one attached hydrogen (secondary N) is 1. The predicted octanol–water partition coefficient (Wildman–Crippen LogP) is 3.59. The number of carbonyl (C=O) groups excluding carboxylic acids is 1. The summed E-state index contributed by atoms with van der Waals surface area (Å²) < 4.78 is 49.3. The fraction of sp³-hybridized carbons (Fsp3) is 0.269. The third kappa shape index (κ3) is 6.46. The highest BCUT2D eigenvalue weighted by Gasteiger charge is 2.28. The SMILES string of the molecule is COc1ccc(NC(=O)CN(CCc2ccccc2)S(=O)(=O)c2ccc(OC)c(OC)c2)cc1OC. The molecule has 10 heteroatoms. The Labute approximate surface area is 211 Å². The normalized spacial score (nSPS) is 11.1. The molecule has 192 valence electrons. The lowest BCUT2D eigenvalue weighted by Gasteiger charge is -2.22. The second kappa shape index (κ2) is 12.3. The molecule has 0 unspecified atom stereocenters. The molecule has 0 aliphatic rings. The molecule has 0 aliphatic carbocycles. The van der Waals surface area contributed by atoms with Crippen LogP contribution < -0.4 is 24.3 Å². The number of ether oxygens (including phenoxy) is 4. The van der Waals surface area contributed by atoms with Crippen molar-refractivity contribution in [3.05, 3.63) is 72.3 Å². The van der Waals surface area contributed by atoms with E-state index in [1.165, 1.54) is 46.6 Å². The topological polar surface area (TPSA) is 103 Å². The first kappa shape index (κ1) is 26.8. The maximum atomic E-state index is 13.6. The van der Waals surface area contributed by atoms with Crippen molar-refractivity contribution in [3.8, 4) is 23.0 Å². The molecular formula is C26H30N2O7S. The van der Waals surface area contributed by atoms with Gasteiger partial charge in [0.05, 0.1) is 39.9 Å². The summed E-state index contributed by atoms with van der Waals surface area (Å²) in [5.74, 6) is 1.12. The Morgan fingerprint density at radius 2 is 1.36 bits per heavy atom. The van der Waals surface area contributed by atoms with Gasteiger partial charge >= 0.3 is 0 Å². The van der Waals surface area contributed by atoms with Crippen molar-refractivity contribution < 1.29 is 32.2 Å². The van der Waals surface area contributed by atoms with Gasteiger partial charge < -0.3 is 24.3 Å². The Morgan fingerprint density at radius 3 is 1.97 bits per heavy atom. The molecule has 0 aliphatic heterocycles. The molecule has 0 bridgehead atoms. The number of rotatable bonds is 12. The Bertz CT molecular complexity index is 1280. The summed E-state index contributed by atoms with van der Waals surface area (Å²) in [7, 11) is 1.85. The van der Waals surface area contributed by atoms with Gasteiger partial charge in [-0.15, -0.1) is 0 Å². The molecule has 9 nitrogen and oxygen atoms in total. The van der Waals surface area contributed by atoms with Crippen molar-refractivity contribution in [2.24, 2.45) is 0 Å². The molecule has 0 radical (unpaired) electrons. The summed E-state index contributed by atoms with van der Waals surface area (Å²) in [4.78, 5) is 12.9. The fourth-order valence-electron chi connectivity index (χ4n) is 3.58. The lowest BCUT2D eigenvalue weighted by atomic mass is 10.1. The summed E-state index contributed by atoms with van der Waals surface area (Å²) >= 11 is 0. The maximum absolute atomic E-state index is 13.6. The minimum absolute atomic E-state index is 0.00729. The molecule has 0 atom stereocenters. The van der Waals surface area contributed by atoms with Crippen molar-refractivity contribution >= 4 is 21.6 Å². The average molecular weight is 515 g/mol. The summed E-state index contributed by atoms with van der Waals surface area (Å²) in [5, 5.41) is 2.74. The van der Waals surface area contributed by atoms with E-state index in [1.54, 1.807) is 18.2 Å². The van der Waals surface area contributed by atoms with E-state index in [2.05, 4.69) is 5.32 Å². The molecule has 0 fully saturated rings. The van der Waals surface area contributed by atoms with Gasteiger partial charge in [-0.3, -0.25) is 4.79 Å². The van der Waals surface area contributed by atoms with Crippen LogP contribution in [-0.4, -0.2) is 60.2 Å². The standard InChI is InChI=1S/C26H30N2O7S/c1-32-22-12-10-20(16-24(22)34-3)27-26(29)18-28(15-14-19-8-6-5-7-9-19)36(30,31)21-11-13-23(33-2)25(17-21)35-4/h5-13,16-17H,14-15,18H2,1-4H3,(H,27,29). The van der Waals surface area contributed by atoms with Gasteiger partial charge in [-0.1, -0.05) is 30.3 Å².